The number of benzene rings is 2. The molecule has 4 aliphatic rings. The molecular formula is C37H37F2N7O3. The average molecular weight is 666 g/mol. The van der Waals surface area contributed by atoms with Crippen LogP contribution in [-0.4, -0.2) is 91.9 Å². The van der Waals surface area contributed by atoms with E-state index in [0.29, 0.717) is 42.7 Å². The molecule has 2 N–H and O–H groups in total. The largest absolute Gasteiger partial charge is 0.508 e. The molecule has 0 spiro atoms. The molecule has 2 aromatic carbocycles. The maximum atomic E-state index is 17.0. The van der Waals surface area contributed by atoms with Crippen LogP contribution in [0.4, 0.5) is 14.6 Å². The van der Waals surface area contributed by atoms with Crippen LogP contribution >= 0.6 is 0 Å². The van der Waals surface area contributed by atoms with Crippen molar-refractivity contribution in [3.8, 4) is 35.4 Å². The number of carbonyl (C=O) groups excluding carboxylic acids is 1. The molecule has 4 aromatic rings. The lowest BCUT2D eigenvalue weighted by molar-refractivity contribution is -0.127. The second-order valence-electron chi connectivity index (χ2n) is 13.7. The Morgan fingerprint density at radius 1 is 1.14 bits per heavy atom. The zero-order valence-corrected chi connectivity index (χ0v) is 27.3. The lowest BCUT2D eigenvalue weighted by atomic mass is 9.95. The Morgan fingerprint density at radius 2 is 1.88 bits per heavy atom. The van der Waals surface area contributed by atoms with Gasteiger partial charge in [0.25, 0.3) is 5.91 Å². The van der Waals surface area contributed by atoms with Crippen molar-refractivity contribution in [1.82, 2.24) is 24.8 Å². The minimum Gasteiger partial charge on any atom is -0.508 e. The SMILES string of the molecule is C#Cc1c(F)ccc2cc(O)cc(-c3ncc4c(N5CC6CCC(C5)N6C(=O)C(=N)CC)nc(OCC56CCCN5CCC6)nc4c3F)c12. The molecule has 252 valence electrons. The summed E-state index contributed by atoms with van der Waals surface area (Å²) in [5.74, 6) is 1.03. The van der Waals surface area contributed by atoms with Gasteiger partial charge in [-0.25, -0.2) is 8.78 Å². The number of carbonyl (C=O) groups is 1. The number of piperazine rings is 1. The first-order valence-corrected chi connectivity index (χ1v) is 17.0. The second-order valence-corrected chi connectivity index (χ2v) is 13.7. The van der Waals surface area contributed by atoms with Gasteiger partial charge in [0.1, 0.15) is 35.2 Å². The third kappa shape index (κ3) is 5.05. The maximum Gasteiger partial charge on any atom is 0.319 e. The number of fused-ring (bicyclic) bond motifs is 5. The van der Waals surface area contributed by atoms with Gasteiger partial charge in [-0.15, -0.1) is 6.42 Å². The zero-order chi connectivity index (χ0) is 34.0. The molecule has 8 rings (SSSR count). The molecule has 1 amide bonds. The van der Waals surface area contributed by atoms with E-state index in [1.165, 1.54) is 30.5 Å². The minimum atomic E-state index is -0.778. The average Bonchev–Trinajstić information content (AvgIpc) is 3.77. The maximum absolute atomic E-state index is 17.0. The van der Waals surface area contributed by atoms with E-state index in [2.05, 4.69) is 20.8 Å². The van der Waals surface area contributed by atoms with Crippen molar-refractivity contribution < 1.29 is 23.4 Å². The highest BCUT2D eigenvalue weighted by Crippen LogP contribution is 2.42. The lowest BCUT2D eigenvalue weighted by Crippen LogP contribution is -2.57. The number of phenolic OH excluding ortho intramolecular Hbond substituents is 1. The number of hydrogen-bond donors (Lipinski definition) is 2. The van der Waals surface area contributed by atoms with Crippen molar-refractivity contribution in [2.24, 2.45) is 0 Å². The molecule has 2 aromatic heterocycles. The van der Waals surface area contributed by atoms with Gasteiger partial charge in [-0.2, -0.15) is 9.97 Å². The summed E-state index contributed by atoms with van der Waals surface area (Å²) in [4.78, 5) is 33.5. The van der Waals surface area contributed by atoms with Crippen molar-refractivity contribution in [1.29, 1.82) is 5.41 Å². The van der Waals surface area contributed by atoms with Crippen LogP contribution in [0.1, 0.15) is 57.4 Å². The number of halogens is 2. The molecule has 2 unspecified atom stereocenters. The van der Waals surface area contributed by atoms with E-state index in [9.17, 15) is 14.3 Å². The predicted molar refractivity (Wildman–Crippen MR) is 182 cm³/mol. The second kappa shape index (κ2) is 11.9. The van der Waals surface area contributed by atoms with Crippen molar-refractivity contribution >= 4 is 39.1 Å². The van der Waals surface area contributed by atoms with Crippen LogP contribution in [0, 0.1) is 29.4 Å². The van der Waals surface area contributed by atoms with Gasteiger partial charge >= 0.3 is 6.01 Å². The predicted octanol–water partition coefficient (Wildman–Crippen LogP) is 5.43. The number of terminal acetylenes is 1. The van der Waals surface area contributed by atoms with Crippen molar-refractivity contribution in [3.63, 3.8) is 0 Å². The minimum absolute atomic E-state index is 0.0223. The number of amides is 1. The number of aromatic hydroxyl groups is 1. The number of aromatic nitrogens is 3. The summed E-state index contributed by atoms with van der Waals surface area (Å²) < 4.78 is 38.2. The highest BCUT2D eigenvalue weighted by molar-refractivity contribution is 6.37. The zero-order valence-electron chi connectivity index (χ0n) is 27.3. The van der Waals surface area contributed by atoms with E-state index in [4.69, 9.17) is 21.6 Å². The van der Waals surface area contributed by atoms with Gasteiger partial charge in [0.05, 0.1) is 34.3 Å². The molecule has 2 bridgehead atoms. The number of phenols is 1. The third-order valence-corrected chi connectivity index (χ3v) is 11.0. The molecule has 49 heavy (non-hydrogen) atoms. The van der Waals surface area contributed by atoms with Crippen LogP contribution < -0.4 is 9.64 Å². The van der Waals surface area contributed by atoms with Crippen molar-refractivity contribution in [3.05, 3.63) is 47.7 Å². The van der Waals surface area contributed by atoms with Crippen LogP contribution in [0.15, 0.2) is 30.5 Å². The number of rotatable bonds is 7. The van der Waals surface area contributed by atoms with Gasteiger partial charge in [0.15, 0.2) is 5.82 Å². The Labute approximate surface area is 282 Å². The van der Waals surface area contributed by atoms with Crippen LogP contribution in [0.25, 0.3) is 32.9 Å². The summed E-state index contributed by atoms with van der Waals surface area (Å²) in [5.41, 5.74) is -0.0867. The highest BCUT2D eigenvalue weighted by Gasteiger charge is 2.46. The standard InChI is InChI=1S/C37H37F2N7O3/c1-3-25-28(38)10-7-21-15-24(47)16-26(30(21)25)32-31(39)33-27(17-41-32)34(43-36(42-33)49-20-37-11-5-13-45(37)14-6-12-37)44-18-22-8-9-23(19-44)46(22)35(48)29(40)4-2/h1,7,10,15-17,22-23,40,47H,4-6,8-9,11-14,18-20H2,2H3. The molecule has 0 saturated carbocycles. The van der Waals surface area contributed by atoms with Crippen LogP contribution in [0.5, 0.6) is 11.8 Å². The van der Waals surface area contributed by atoms with Crippen molar-refractivity contribution in [2.45, 2.75) is 69.5 Å². The Kier molecular flexibility index (Phi) is 7.63. The molecule has 0 radical (unpaired) electrons. The fraction of sp³-hybridized carbons (Fsp3) is 0.432. The molecule has 4 fully saturated rings. The summed E-state index contributed by atoms with van der Waals surface area (Å²) in [6.07, 6.45) is 13.4. The Hall–Kier alpha value is -4.89. The molecule has 4 saturated heterocycles. The van der Waals surface area contributed by atoms with E-state index in [0.717, 1.165) is 51.6 Å². The first kappa shape index (κ1) is 31.4. The molecule has 10 nitrogen and oxygen atoms in total. The Balaban J connectivity index is 1.25. The van der Waals surface area contributed by atoms with Gasteiger partial charge in [-0.3, -0.25) is 20.1 Å². The van der Waals surface area contributed by atoms with Gasteiger partial charge < -0.3 is 19.6 Å². The van der Waals surface area contributed by atoms with Gasteiger partial charge in [-0.05, 0) is 81.6 Å². The lowest BCUT2D eigenvalue weighted by Gasteiger charge is -2.41. The monoisotopic (exact) mass is 665 g/mol. The van der Waals surface area contributed by atoms with Crippen LogP contribution in [0.3, 0.4) is 0 Å². The van der Waals surface area contributed by atoms with E-state index in [1.54, 1.807) is 0 Å². The van der Waals surface area contributed by atoms with E-state index in [1.807, 2.05) is 16.7 Å². The molecular weight excluding hydrogens is 628 g/mol. The fourth-order valence-electron chi connectivity index (χ4n) is 8.64. The molecule has 12 heteroatoms. The number of nitrogens with zero attached hydrogens (tertiary/aromatic N) is 6. The Morgan fingerprint density at radius 3 is 2.57 bits per heavy atom. The Bertz CT molecular complexity index is 2060. The molecule has 0 aliphatic carbocycles. The summed E-state index contributed by atoms with van der Waals surface area (Å²) in [7, 11) is 0. The van der Waals surface area contributed by atoms with E-state index in [-0.39, 0.29) is 68.7 Å². The number of nitrogens with one attached hydrogen (secondary N) is 1. The summed E-state index contributed by atoms with van der Waals surface area (Å²) >= 11 is 0. The molecule has 6 heterocycles. The van der Waals surface area contributed by atoms with Crippen LogP contribution in [0.2, 0.25) is 0 Å². The first-order chi connectivity index (χ1) is 23.7. The first-order valence-electron chi connectivity index (χ1n) is 17.0. The summed E-state index contributed by atoms with van der Waals surface area (Å²) in [6.45, 7) is 5.14. The van der Waals surface area contributed by atoms with Crippen LogP contribution in [-0.2, 0) is 4.79 Å². The van der Waals surface area contributed by atoms with E-state index < -0.39 is 11.6 Å². The molecule has 2 atom stereocenters. The van der Waals surface area contributed by atoms with Gasteiger partial charge in [0.2, 0.25) is 0 Å². The highest BCUT2D eigenvalue weighted by atomic mass is 19.1. The quantitative estimate of drug-likeness (QED) is 0.198. The van der Waals surface area contributed by atoms with Gasteiger partial charge in [-0.1, -0.05) is 18.9 Å². The summed E-state index contributed by atoms with van der Waals surface area (Å²) in [6, 6.07) is 5.27. The smallest absolute Gasteiger partial charge is 0.319 e. The topological polar surface area (TPSA) is 119 Å². The number of pyridine rings is 1. The number of ether oxygens (including phenoxy) is 1. The van der Waals surface area contributed by atoms with E-state index >= 15 is 4.39 Å². The summed E-state index contributed by atoms with van der Waals surface area (Å²) in [5, 5.41) is 19.8. The van der Waals surface area contributed by atoms with Gasteiger partial charge in [0, 0.05) is 30.2 Å². The number of anilines is 1. The number of hydrogen-bond acceptors (Lipinski definition) is 9. The third-order valence-electron chi connectivity index (χ3n) is 11.0. The molecule has 4 aliphatic heterocycles. The fourth-order valence-corrected chi connectivity index (χ4v) is 8.64. The van der Waals surface area contributed by atoms with Crippen molar-refractivity contribution in [2.75, 3.05) is 37.7 Å². The normalized spacial score (nSPS) is 21.3.